The SMILES string of the molecule is CCCCCCCC/C=C\CCCCCCCC(=O)OC(=O)O[C@H]1CC[C@@]2(C)C(=CC[C@H]3[C@@H]4CC[C@H](C(C)CCCC(C)C)[C@@]4(C)CC[C@@H]32)C1. The third-order valence-corrected chi connectivity index (χ3v) is 14.4. The lowest BCUT2D eigenvalue weighted by Crippen LogP contribution is -2.51. The minimum atomic E-state index is -0.793. The fourth-order valence-electron chi connectivity index (χ4n) is 11.4. The van der Waals surface area contributed by atoms with Crippen LogP contribution in [-0.2, 0) is 14.3 Å². The van der Waals surface area contributed by atoms with Gasteiger partial charge in [-0.05, 0) is 123 Å². The number of carbonyl (C=O) groups is 2. The highest BCUT2D eigenvalue weighted by atomic mass is 16.7. The van der Waals surface area contributed by atoms with Gasteiger partial charge in [-0.1, -0.05) is 136 Å². The van der Waals surface area contributed by atoms with Gasteiger partial charge in [0.05, 0.1) is 0 Å². The Morgan fingerprint density at radius 3 is 2.18 bits per heavy atom. The molecule has 0 amide bonds. The third kappa shape index (κ3) is 11.5. The summed E-state index contributed by atoms with van der Waals surface area (Å²) in [6.07, 6.45) is 36.0. The van der Waals surface area contributed by atoms with E-state index in [1.807, 2.05) is 0 Å². The van der Waals surface area contributed by atoms with E-state index < -0.39 is 12.1 Å². The van der Waals surface area contributed by atoms with Crippen molar-refractivity contribution in [1.82, 2.24) is 0 Å². The summed E-state index contributed by atoms with van der Waals surface area (Å²) >= 11 is 0. The summed E-state index contributed by atoms with van der Waals surface area (Å²) in [4.78, 5) is 25.0. The Morgan fingerprint density at radius 2 is 1.48 bits per heavy atom. The van der Waals surface area contributed by atoms with Gasteiger partial charge in [-0.3, -0.25) is 4.79 Å². The van der Waals surface area contributed by atoms with Crippen LogP contribution in [0.5, 0.6) is 0 Å². The highest BCUT2D eigenvalue weighted by Gasteiger charge is 2.59. The zero-order chi connectivity index (χ0) is 36.0. The van der Waals surface area contributed by atoms with Crippen LogP contribution >= 0.6 is 0 Å². The van der Waals surface area contributed by atoms with Crippen molar-refractivity contribution in [3.63, 3.8) is 0 Å². The van der Waals surface area contributed by atoms with Gasteiger partial charge in [-0.25, -0.2) is 4.79 Å². The van der Waals surface area contributed by atoms with Gasteiger partial charge in [-0.2, -0.15) is 0 Å². The predicted molar refractivity (Wildman–Crippen MR) is 209 cm³/mol. The summed E-state index contributed by atoms with van der Waals surface area (Å²) in [5.74, 6) is 4.49. The zero-order valence-corrected chi connectivity index (χ0v) is 33.6. The van der Waals surface area contributed by atoms with Crippen molar-refractivity contribution in [2.24, 2.45) is 46.3 Å². The lowest BCUT2D eigenvalue weighted by Gasteiger charge is -2.58. The average molecular weight is 695 g/mol. The van der Waals surface area contributed by atoms with Crippen LogP contribution < -0.4 is 0 Å². The Bertz CT molecular complexity index is 1090. The van der Waals surface area contributed by atoms with Gasteiger partial charge >= 0.3 is 12.1 Å². The second-order valence-corrected chi connectivity index (χ2v) is 18.3. The molecule has 0 heterocycles. The molecule has 4 nitrogen and oxygen atoms in total. The minimum absolute atomic E-state index is 0.178. The molecule has 4 aliphatic rings. The van der Waals surface area contributed by atoms with Gasteiger partial charge in [0.15, 0.2) is 0 Å². The third-order valence-electron chi connectivity index (χ3n) is 14.4. The van der Waals surface area contributed by atoms with Gasteiger partial charge in [0.1, 0.15) is 6.10 Å². The number of ether oxygens (including phenoxy) is 2. The quantitative estimate of drug-likeness (QED) is 0.0519. The molecule has 0 aromatic carbocycles. The summed E-state index contributed by atoms with van der Waals surface area (Å²) < 4.78 is 10.9. The molecule has 0 aromatic heterocycles. The molecule has 1 unspecified atom stereocenters. The van der Waals surface area contributed by atoms with E-state index in [0.717, 1.165) is 80.5 Å². The monoisotopic (exact) mass is 695 g/mol. The first kappa shape index (κ1) is 41.2. The first-order valence-corrected chi connectivity index (χ1v) is 21.8. The van der Waals surface area contributed by atoms with E-state index in [1.54, 1.807) is 0 Å². The maximum atomic E-state index is 12.6. The molecular weight excluding hydrogens is 617 g/mol. The Kier molecular flexibility index (Phi) is 17.0. The maximum absolute atomic E-state index is 12.6. The van der Waals surface area contributed by atoms with Crippen molar-refractivity contribution in [1.29, 1.82) is 0 Å². The predicted octanol–water partition coefficient (Wildman–Crippen LogP) is 14.1. The Hall–Kier alpha value is -1.58. The Morgan fingerprint density at radius 1 is 0.800 bits per heavy atom. The van der Waals surface area contributed by atoms with E-state index in [2.05, 4.69) is 59.8 Å². The second-order valence-electron chi connectivity index (χ2n) is 18.3. The van der Waals surface area contributed by atoms with Crippen LogP contribution in [0, 0.1) is 46.3 Å². The van der Waals surface area contributed by atoms with Crippen LogP contribution in [0.3, 0.4) is 0 Å². The molecule has 4 heteroatoms. The van der Waals surface area contributed by atoms with Gasteiger partial charge in [0.2, 0.25) is 0 Å². The van der Waals surface area contributed by atoms with E-state index in [9.17, 15) is 9.59 Å². The van der Waals surface area contributed by atoms with Gasteiger partial charge in [0.25, 0.3) is 0 Å². The molecule has 3 fully saturated rings. The van der Waals surface area contributed by atoms with E-state index in [1.165, 1.54) is 115 Å². The van der Waals surface area contributed by atoms with E-state index in [-0.39, 0.29) is 11.5 Å². The van der Waals surface area contributed by atoms with Gasteiger partial charge in [-0.15, -0.1) is 0 Å². The van der Waals surface area contributed by atoms with Crippen LogP contribution in [0.1, 0.15) is 202 Å². The summed E-state index contributed by atoms with van der Waals surface area (Å²) in [5.41, 5.74) is 2.22. The lowest BCUT2D eigenvalue weighted by atomic mass is 9.47. The molecule has 4 rings (SSSR count). The summed E-state index contributed by atoms with van der Waals surface area (Å²) in [6, 6.07) is 0. The van der Waals surface area contributed by atoms with E-state index in [4.69, 9.17) is 9.47 Å². The molecule has 286 valence electrons. The second kappa shape index (κ2) is 20.6. The Labute approximate surface area is 308 Å². The maximum Gasteiger partial charge on any atom is 0.516 e. The van der Waals surface area contributed by atoms with Crippen LogP contribution in [0.15, 0.2) is 23.8 Å². The largest absolute Gasteiger partial charge is 0.516 e. The summed E-state index contributed by atoms with van der Waals surface area (Å²) in [5, 5.41) is 0. The smallest absolute Gasteiger partial charge is 0.430 e. The highest BCUT2D eigenvalue weighted by molar-refractivity contribution is 5.81. The molecule has 0 aromatic rings. The average Bonchev–Trinajstić information content (AvgIpc) is 3.43. The molecule has 50 heavy (non-hydrogen) atoms. The number of unbranched alkanes of at least 4 members (excludes halogenated alkanes) is 11. The van der Waals surface area contributed by atoms with Crippen LogP contribution in [0.25, 0.3) is 0 Å². The topological polar surface area (TPSA) is 52.6 Å². The first-order valence-electron chi connectivity index (χ1n) is 21.8. The zero-order valence-electron chi connectivity index (χ0n) is 33.6. The molecule has 4 aliphatic carbocycles. The number of fused-ring (bicyclic) bond motifs is 5. The molecular formula is C46H78O4. The molecule has 0 aliphatic heterocycles. The Balaban J connectivity index is 1.11. The molecule has 0 bridgehead atoms. The van der Waals surface area contributed by atoms with Crippen molar-refractivity contribution < 1.29 is 19.1 Å². The number of carbonyl (C=O) groups excluding carboxylic acids is 2. The normalized spacial score (nSPS) is 31.2. The van der Waals surface area contributed by atoms with Crippen LogP contribution in [0.2, 0.25) is 0 Å². The van der Waals surface area contributed by atoms with Crippen LogP contribution in [0.4, 0.5) is 4.79 Å². The number of hydrogen-bond acceptors (Lipinski definition) is 4. The molecule has 0 saturated heterocycles. The number of allylic oxidation sites excluding steroid dienone is 3. The molecule has 8 atom stereocenters. The summed E-state index contributed by atoms with van der Waals surface area (Å²) in [6.45, 7) is 14.7. The molecule has 0 spiro atoms. The van der Waals surface area contributed by atoms with Crippen molar-refractivity contribution in [2.75, 3.05) is 0 Å². The van der Waals surface area contributed by atoms with E-state index in [0.29, 0.717) is 11.8 Å². The molecule has 3 saturated carbocycles. The number of rotatable bonds is 21. The fourth-order valence-corrected chi connectivity index (χ4v) is 11.4. The van der Waals surface area contributed by atoms with Gasteiger partial charge < -0.3 is 9.47 Å². The highest BCUT2D eigenvalue weighted by Crippen LogP contribution is 2.67. The van der Waals surface area contributed by atoms with Crippen molar-refractivity contribution in [3.05, 3.63) is 23.8 Å². The summed E-state index contributed by atoms with van der Waals surface area (Å²) in [7, 11) is 0. The molecule has 0 radical (unpaired) electrons. The number of esters is 1. The van der Waals surface area contributed by atoms with Crippen LogP contribution in [-0.4, -0.2) is 18.2 Å². The fraction of sp³-hybridized carbons (Fsp3) is 0.870. The van der Waals surface area contributed by atoms with Crippen molar-refractivity contribution in [3.8, 4) is 0 Å². The van der Waals surface area contributed by atoms with E-state index >= 15 is 0 Å². The standard InChI is InChI=1S/C46H78O4/c1-7-8-9-10-11-12-13-14-15-16-17-18-19-20-21-25-43(47)50-44(48)49-38-30-32-45(5)37(34-38)26-27-39-41-29-28-40(36(4)24-22-23-35(2)3)46(41,6)33-31-42(39)45/h14-15,26,35-36,38-42H,7-13,16-25,27-34H2,1-6H3/b15-14-/t36?,38-,39-,40+,41-,42-,45-,46+/m0/s1. The van der Waals surface area contributed by atoms with Crippen molar-refractivity contribution in [2.45, 2.75) is 208 Å². The number of hydrogen-bond donors (Lipinski definition) is 0. The molecule has 0 N–H and O–H groups in total. The van der Waals surface area contributed by atoms with Crippen molar-refractivity contribution >= 4 is 12.1 Å². The van der Waals surface area contributed by atoms with Gasteiger partial charge in [0, 0.05) is 12.8 Å². The first-order chi connectivity index (χ1) is 24.1. The lowest BCUT2D eigenvalue weighted by molar-refractivity contribution is -0.141. The minimum Gasteiger partial charge on any atom is -0.430 e.